The Morgan fingerprint density at radius 3 is 2.29 bits per heavy atom. The standard InChI is InChI=1S/C15H8F5N/c1-8-11(16)7-6-9(14(8)17)13-10(15(18,19)20)4-3-5-12(13)21-2/h3-7H,1H3. The molecular formula is C15H8F5N. The van der Waals surface area contributed by atoms with Crippen LogP contribution in [-0.4, -0.2) is 0 Å². The van der Waals surface area contributed by atoms with Crippen molar-refractivity contribution in [2.24, 2.45) is 0 Å². The highest BCUT2D eigenvalue weighted by atomic mass is 19.4. The first kappa shape index (κ1) is 15.0. The predicted octanol–water partition coefficient (Wildman–Crippen LogP) is 5.51. The molecule has 0 aliphatic heterocycles. The average Bonchev–Trinajstić information content (AvgIpc) is 2.43. The molecule has 2 aromatic rings. The maximum Gasteiger partial charge on any atom is 0.415 e. The van der Waals surface area contributed by atoms with Crippen LogP contribution >= 0.6 is 0 Å². The molecular weight excluding hydrogens is 289 g/mol. The highest BCUT2D eigenvalue weighted by molar-refractivity contribution is 5.82. The summed E-state index contributed by atoms with van der Waals surface area (Å²) in [5, 5.41) is 0. The number of rotatable bonds is 1. The van der Waals surface area contributed by atoms with E-state index in [4.69, 9.17) is 6.57 Å². The maximum atomic E-state index is 14.1. The summed E-state index contributed by atoms with van der Waals surface area (Å²) in [5.74, 6) is -1.96. The van der Waals surface area contributed by atoms with Crippen LogP contribution in [0.25, 0.3) is 16.0 Å². The molecule has 1 nitrogen and oxygen atoms in total. The number of hydrogen-bond acceptors (Lipinski definition) is 0. The van der Waals surface area contributed by atoms with Gasteiger partial charge in [-0.3, -0.25) is 0 Å². The minimum atomic E-state index is -4.75. The Morgan fingerprint density at radius 2 is 1.71 bits per heavy atom. The van der Waals surface area contributed by atoms with E-state index in [1.807, 2.05) is 0 Å². The Balaban J connectivity index is 2.87. The van der Waals surface area contributed by atoms with Gasteiger partial charge >= 0.3 is 6.18 Å². The molecule has 21 heavy (non-hydrogen) atoms. The monoisotopic (exact) mass is 297 g/mol. The van der Waals surface area contributed by atoms with E-state index in [0.29, 0.717) is 0 Å². The van der Waals surface area contributed by atoms with Gasteiger partial charge in [0.25, 0.3) is 0 Å². The average molecular weight is 297 g/mol. The van der Waals surface area contributed by atoms with E-state index in [1.165, 1.54) is 0 Å². The molecule has 0 radical (unpaired) electrons. The fourth-order valence-corrected chi connectivity index (χ4v) is 2.01. The van der Waals surface area contributed by atoms with Crippen molar-refractivity contribution < 1.29 is 22.0 Å². The van der Waals surface area contributed by atoms with Gasteiger partial charge in [0.05, 0.1) is 12.1 Å². The quantitative estimate of drug-likeness (QED) is 0.483. The van der Waals surface area contributed by atoms with Gasteiger partial charge in [0.1, 0.15) is 11.6 Å². The van der Waals surface area contributed by atoms with Gasteiger partial charge < -0.3 is 0 Å². The molecule has 0 amide bonds. The topological polar surface area (TPSA) is 4.36 Å². The number of nitrogens with zero attached hydrogens (tertiary/aromatic N) is 1. The van der Waals surface area contributed by atoms with Crippen molar-refractivity contribution in [3.63, 3.8) is 0 Å². The second-order valence-electron chi connectivity index (χ2n) is 4.34. The second-order valence-corrected chi connectivity index (χ2v) is 4.34. The summed E-state index contributed by atoms with van der Waals surface area (Å²) in [7, 11) is 0. The van der Waals surface area contributed by atoms with Crippen LogP contribution < -0.4 is 0 Å². The van der Waals surface area contributed by atoms with E-state index < -0.39 is 34.5 Å². The van der Waals surface area contributed by atoms with Crippen molar-refractivity contribution in [3.05, 3.63) is 64.5 Å². The minimum absolute atomic E-state index is 0.338. The fourth-order valence-electron chi connectivity index (χ4n) is 2.01. The zero-order chi connectivity index (χ0) is 15.8. The zero-order valence-corrected chi connectivity index (χ0v) is 10.7. The smallest absolute Gasteiger partial charge is 0.238 e. The number of benzene rings is 2. The Labute approximate surface area is 117 Å². The Bertz CT molecular complexity index is 741. The third-order valence-electron chi connectivity index (χ3n) is 3.06. The largest absolute Gasteiger partial charge is 0.415 e. The predicted molar refractivity (Wildman–Crippen MR) is 67.8 cm³/mol. The minimum Gasteiger partial charge on any atom is -0.238 e. The van der Waals surface area contributed by atoms with Crippen LogP contribution in [0.3, 0.4) is 0 Å². The first-order chi connectivity index (χ1) is 9.77. The molecule has 0 saturated carbocycles. The fraction of sp³-hybridized carbons (Fsp3) is 0.133. The zero-order valence-electron chi connectivity index (χ0n) is 10.7. The molecule has 0 unspecified atom stereocenters. The van der Waals surface area contributed by atoms with Gasteiger partial charge in [-0.15, -0.1) is 0 Å². The van der Waals surface area contributed by atoms with Crippen LogP contribution in [0.5, 0.6) is 0 Å². The highest BCUT2D eigenvalue weighted by Crippen LogP contribution is 2.43. The van der Waals surface area contributed by atoms with Crippen LogP contribution in [0.4, 0.5) is 27.6 Å². The molecule has 0 N–H and O–H groups in total. The summed E-state index contributed by atoms with van der Waals surface area (Å²) in [4.78, 5) is 3.00. The Kier molecular flexibility index (Phi) is 3.69. The van der Waals surface area contributed by atoms with Crippen LogP contribution in [-0.2, 0) is 6.18 Å². The van der Waals surface area contributed by atoms with E-state index in [2.05, 4.69) is 4.85 Å². The summed E-state index contributed by atoms with van der Waals surface area (Å²) in [6.45, 7) is 8.09. The van der Waals surface area contributed by atoms with E-state index in [-0.39, 0.29) is 11.3 Å². The Hall–Kier alpha value is -2.42. The van der Waals surface area contributed by atoms with Crippen molar-refractivity contribution in [2.45, 2.75) is 13.1 Å². The lowest BCUT2D eigenvalue weighted by Crippen LogP contribution is -2.08. The van der Waals surface area contributed by atoms with Crippen LogP contribution in [0.1, 0.15) is 11.1 Å². The molecule has 0 heterocycles. The van der Waals surface area contributed by atoms with Gasteiger partial charge in [-0.1, -0.05) is 18.2 Å². The number of halogens is 5. The van der Waals surface area contributed by atoms with Gasteiger partial charge in [0.15, 0.2) is 5.69 Å². The molecule has 108 valence electrons. The van der Waals surface area contributed by atoms with Gasteiger partial charge in [0.2, 0.25) is 0 Å². The van der Waals surface area contributed by atoms with Gasteiger partial charge in [-0.25, -0.2) is 13.6 Å². The van der Waals surface area contributed by atoms with Crippen LogP contribution in [0.15, 0.2) is 30.3 Å². The summed E-state index contributed by atoms with van der Waals surface area (Å²) in [6.07, 6.45) is -4.75. The molecule has 6 heteroatoms. The molecule has 0 aliphatic rings. The first-order valence-corrected chi connectivity index (χ1v) is 5.80. The molecule has 0 aromatic heterocycles. The lowest BCUT2D eigenvalue weighted by molar-refractivity contribution is -0.137. The molecule has 0 bridgehead atoms. The molecule has 0 saturated heterocycles. The lowest BCUT2D eigenvalue weighted by Gasteiger charge is -2.16. The SMILES string of the molecule is [C-]#[N+]c1cccc(C(F)(F)F)c1-c1ccc(F)c(C)c1F. The lowest BCUT2D eigenvalue weighted by atomic mass is 9.95. The van der Waals surface area contributed by atoms with Gasteiger partial charge in [-0.2, -0.15) is 13.2 Å². The summed E-state index contributed by atoms with van der Waals surface area (Å²) in [6, 6.07) is 4.80. The van der Waals surface area contributed by atoms with Gasteiger partial charge in [-0.05, 0) is 19.1 Å². The third-order valence-corrected chi connectivity index (χ3v) is 3.06. The van der Waals surface area contributed by atoms with Crippen molar-refractivity contribution >= 4 is 5.69 Å². The van der Waals surface area contributed by atoms with E-state index in [0.717, 1.165) is 37.3 Å². The maximum absolute atomic E-state index is 14.1. The third kappa shape index (κ3) is 2.59. The molecule has 0 aliphatic carbocycles. The number of hydrogen-bond donors (Lipinski definition) is 0. The molecule has 2 aromatic carbocycles. The van der Waals surface area contributed by atoms with Crippen molar-refractivity contribution in [3.8, 4) is 11.1 Å². The molecule has 0 atom stereocenters. The summed E-state index contributed by atoms with van der Waals surface area (Å²) >= 11 is 0. The van der Waals surface area contributed by atoms with E-state index in [9.17, 15) is 22.0 Å². The van der Waals surface area contributed by atoms with E-state index in [1.54, 1.807) is 0 Å². The van der Waals surface area contributed by atoms with Crippen molar-refractivity contribution in [2.75, 3.05) is 0 Å². The first-order valence-electron chi connectivity index (χ1n) is 5.80. The van der Waals surface area contributed by atoms with Crippen molar-refractivity contribution in [1.82, 2.24) is 0 Å². The summed E-state index contributed by atoms with van der Waals surface area (Å²) in [5.41, 5.74) is -2.86. The van der Waals surface area contributed by atoms with Crippen LogP contribution in [0, 0.1) is 25.1 Å². The second kappa shape index (κ2) is 5.17. The highest BCUT2D eigenvalue weighted by Gasteiger charge is 2.35. The normalized spacial score (nSPS) is 11.3. The number of alkyl halides is 3. The summed E-state index contributed by atoms with van der Waals surface area (Å²) < 4.78 is 66.6. The van der Waals surface area contributed by atoms with Crippen LogP contribution in [0.2, 0.25) is 0 Å². The van der Waals surface area contributed by atoms with Crippen molar-refractivity contribution in [1.29, 1.82) is 0 Å². The molecule has 0 fully saturated rings. The Morgan fingerprint density at radius 1 is 1.05 bits per heavy atom. The van der Waals surface area contributed by atoms with Gasteiger partial charge in [0, 0.05) is 16.7 Å². The van der Waals surface area contributed by atoms with E-state index >= 15 is 0 Å². The molecule has 2 rings (SSSR count). The molecule has 0 spiro atoms.